The van der Waals surface area contributed by atoms with Gasteiger partial charge in [-0.15, -0.1) is 11.3 Å². The highest BCUT2D eigenvalue weighted by Gasteiger charge is 2.19. The first-order valence-corrected chi connectivity index (χ1v) is 12.8. The zero-order valence-corrected chi connectivity index (χ0v) is 21.1. The maximum absolute atomic E-state index is 12.5. The third-order valence-electron chi connectivity index (χ3n) is 5.42. The van der Waals surface area contributed by atoms with E-state index in [9.17, 15) is 9.59 Å². The molecule has 0 aliphatic heterocycles. The minimum Gasteiger partial charge on any atom is -0.444 e. The quantitative estimate of drug-likeness (QED) is 0.327. The van der Waals surface area contributed by atoms with Gasteiger partial charge in [0.25, 0.3) is 0 Å². The molecule has 3 aromatic rings. The molecule has 186 valence electrons. The number of aromatic nitrogens is 1. The Labute approximate surface area is 211 Å². The number of nitrogens with zero attached hydrogens (tertiary/aromatic N) is 1. The van der Waals surface area contributed by atoms with Crippen LogP contribution in [0.3, 0.4) is 0 Å². The average Bonchev–Trinajstić information content (AvgIpc) is 3.36. The molecule has 0 saturated carbocycles. The lowest BCUT2D eigenvalue weighted by molar-refractivity contribution is 0.135. The van der Waals surface area contributed by atoms with Crippen molar-refractivity contribution in [1.29, 1.82) is 0 Å². The molecule has 35 heavy (non-hydrogen) atoms. The first-order valence-electron chi connectivity index (χ1n) is 11.9. The van der Waals surface area contributed by atoms with Crippen molar-refractivity contribution in [1.82, 2.24) is 20.9 Å². The average molecular weight is 495 g/mol. The van der Waals surface area contributed by atoms with Gasteiger partial charge in [-0.2, -0.15) is 0 Å². The molecule has 0 aliphatic carbocycles. The van der Waals surface area contributed by atoms with Crippen LogP contribution < -0.4 is 16.0 Å². The topological polar surface area (TPSA) is 92.4 Å². The molecule has 2 atom stereocenters. The summed E-state index contributed by atoms with van der Waals surface area (Å²) in [5, 5.41) is 9.05. The van der Waals surface area contributed by atoms with Gasteiger partial charge >= 0.3 is 12.1 Å². The normalized spacial score (nSPS) is 12.5. The van der Waals surface area contributed by atoms with Crippen LogP contribution in [0.1, 0.15) is 42.7 Å². The molecule has 3 rings (SSSR count). The van der Waals surface area contributed by atoms with Crippen LogP contribution in [0, 0.1) is 0 Å². The number of urea groups is 1. The van der Waals surface area contributed by atoms with E-state index in [1.807, 2.05) is 62.4 Å². The van der Waals surface area contributed by atoms with Crippen molar-refractivity contribution in [2.24, 2.45) is 0 Å². The Hall–Kier alpha value is -3.39. The second-order valence-corrected chi connectivity index (χ2v) is 9.78. The number of hydrogen-bond donors (Lipinski definition) is 3. The number of carbonyl (C=O) groups is 2. The second-order valence-electron chi connectivity index (χ2n) is 8.81. The number of rotatable bonds is 12. The number of carbonyl (C=O) groups excluding carboxylic acids is 2. The zero-order valence-electron chi connectivity index (χ0n) is 20.3. The van der Waals surface area contributed by atoms with Gasteiger partial charge in [-0.1, -0.05) is 60.7 Å². The van der Waals surface area contributed by atoms with Crippen LogP contribution in [0.15, 0.2) is 72.4 Å². The lowest BCUT2D eigenvalue weighted by atomic mass is 9.96. The SMILES string of the molecule is CC(C)NC(=O)N[C@H](CC[C@H](Cc1ccccc1)NC(=O)OCc1cncs1)Cc1ccccc1. The fraction of sp³-hybridized carbons (Fsp3) is 0.370. The van der Waals surface area contributed by atoms with Crippen LogP contribution in [0.2, 0.25) is 0 Å². The van der Waals surface area contributed by atoms with E-state index in [4.69, 9.17) is 4.74 Å². The summed E-state index contributed by atoms with van der Waals surface area (Å²) >= 11 is 1.45. The number of hydrogen-bond acceptors (Lipinski definition) is 5. The van der Waals surface area contributed by atoms with Gasteiger partial charge in [0.05, 0.1) is 10.4 Å². The minimum atomic E-state index is -0.454. The van der Waals surface area contributed by atoms with Crippen molar-refractivity contribution in [2.45, 2.75) is 64.3 Å². The second kappa shape index (κ2) is 14.1. The molecule has 0 radical (unpaired) electrons. The molecule has 7 nitrogen and oxygen atoms in total. The summed E-state index contributed by atoms with van der Waals surface area (Å²) in [5.41, 5.74) is 3.99. The van der Waals surface area contributed by atoms with Gasteiger partial charge in [-0.25, -0.2) is 9.59 Å². The molecular formula is C27H34N4O3S. The summed E-state index contributed by atoms with van der Waals surface area (Å²) in [7, 11) is 0. The van der Waals surface area contributed by atoms with Crippen molar-refractivity contribution in [3.8, 4) is 0 Å². The predicted octanol–water partition coefficient (Wildman–Crippen LogP) is 5.08. The van der Waals surface area contributed by atoms with E-state index in [2.05, 4.69) is 33.1 Å². The van der Waals surface area contributed by atoms with E-state index in [1.165, 1.54) is 11.3 Å². The third kappa shape index (κ3) is 10.2. The monoisotopic (exact) mass is 494 g/mol. The number of nitrogens with one attached hydrogen (secondary N) is 3. The summed E-state index contributed by atoms with van der Waals surface area (Å²) in [6.45, 7) is 4.06. The summed E-state index contributed by atoms with van der Waals surface area (Å²) in [6.07, 6.45) is 4.01. The Morgan fingerprint density at radius 2 is 1.43 bits per heavy atom. The van der Waals surface area contributed by atoms with E-state index in [-0.39, 0.29) is 30.8 Å². The van der Waals surface area contributed by atoms with Crippen molar-refractivity contribution < 1.29 is 14.3 Å². The minimum absolute atomic E-state index is 0.0492. The van der Waals surface area contributed by atoms with Crippen LogP contribution >= 0.6 is 11.3 Å². The van der Waals surface area contributed by atoms with Crippen LogP contribution in [0.4, 0.5) is 9.59 Å². The van der Waals surface area contributed by atoms with Crippen LogP contribution in [0.5, 0.6) is 0 Å². The van der Waals surface area contributed by atoms with E-state index in [0.717, 1.165) is 16.0 Å². The van der Waals surface area contributed by atoms with Crippen molar-refractivity contribution in [3.05, 3.63) is 88.4 Å². The van der Waals surface area contributed by atoms with Crippen LogP contribution in [-0.2, 0) is 24.2 Å². The number of benzene rings is 2. The fourth-order valence-electron chi connectivity index (χ4n) is 3.80. The molecule has 0 unspecified atom stereocenters. The summed E-state index contributed by atoms with van der Waals surface area (Å²) in [6, 6.07) is 19.8. The number of amides is 3. The van der Waals surface area contributed by atoms with Gasteiger partial charge in [-0.3, -0.25) is 4.98 Å². The van der Waals surface area contributed by atoms with Gasteiger partial charge < -0.3 is 20.7 Å². The zero-order chi connectivity index (χ0) is 24.9. The highest BCUT2D eigenvalue weighted by molar-refractivity contribution is 7.09. The van der Waals surface area contributed by atoms with E-state index < -0.39 is 6.09 Å². The molecular weight excluding hydrogens is 460 g/mol. The molecule has 8 heteroatoms. The molecule has 2 aromatic carbocycles. The molecule has 3 N–H and O–H groups in total. The molecule has 0 fully saturated rings. The Balaban J connectivity index is 1.64. The third-order valence-corrected chi connectivity index (χ3v) is 6.17. The summed E-state index contributed by atoms with van der Waals surface area (Å²) in [5.74, 6) is 0. The molecule has 0 spiro atoms. The maximum Gasteiger partial charge on any atom is 0.407 e. The number of alkyl carbamates (subject to hydrolysis) is 1. The van der Waals surface area contributed by atoms with E-state index in [1.54, 1.807) is 11.7 Å². The van der Waals surface area contributed by atoms with Gasteiger partial charge in [0.2, 0.25) is 0 Å². The molecule has 3 amide bonds. The van der Waals surface area contributed by atoms with Gasteiger partial charge in [-0.05, 0) is 50.7 Å². The largest absolute Gasteiger partial charge is 0.444 e. The van der Waals surface area contributed by atoms with Crippen LogP contribution in [0.25, 0.3) is 0 Å². The summed E-state index contributed by atoms with van der Waals surface area (Å²) in [4.78, 5) is 29.9. The molecule has 0 bridgehead atoms. The van der Waals surface area contributed by atoms with Crippen molar-refractivity contribution in [3.63, 3.8) is 0 Å². The van der Waals surface area contributed by atoms with Gasteiger partial charge in [0, 0.05) is 24.3 Å². The standard InChI is InChI=1S/C27H34N4O3S/c1-20(2)29-26(32)30-23(15-21-9-5-3-6-10-21)13-14-24(16-22-11-7-4-8-12-22)31-27(33)34-18-25-17-28-19-35-25/h3-12,17,19-20,23-24H,13-16,18H2,1-2H3,(H,31,33)(H2,29,30,32)/t23-,24-/m1/s1. The summed E-state index contributed by atoms with van der Waals surface area (Å²) < 4.78 is 5.41. The number of thiazole rings is 1. The first-order chi connectivity index (χ1) is 17.0. The van der Waals surface area contributed by atoms with Crippen molar-refractivity contribution in [2.75, 3.05) is 0 Å². The van der Waals surface area contributed by atoms with Crippen molar-refractivity contribution >= 4 is 23.5 Å². The van der Waals surface area contributed by atoms with E-state index >= 15 is 0 Å². The number of ether oxygens (including phenoxy) is 1. The maximum atomic E-state index is 12.5. The lowest BCUT2D eigenvalue weighted by Crippen LogP contribution is -2.46. The highest BCUT2D eigenvalue weighted by atomic mass is 32.1. The highest BCUT2D eigenvalue weighted by Crippen LogP contribution is 2.14. The smallest absolute Gasteiger partial charge is 0.407 e. The Morgan fingerprint density at radius 1 is 0.857 bits per heavy atom. The van der Waals surface area contributed by atoms with E-state index in [0.29, 0.717) is 25.7 Å². The Morgan fingerprint density at radius 3 is 1.94 bits per heavy atom. The lowest BCUT2D eigenvalue weighted by Gasteiger charge is -2.24. The Bertz CT molecular complexity index is 1010. The first kappa shape index (κ1) is 26.2. The molecule has 0 aliphatic rings. The van der Waals surface area contributed by atoms with Gasteiger partial charge in [0.15, 0.2) is 0 Å². The predicted molar refractivity (Wildman–Crippen MR) is 139 cm³/mol. The van der Waals surface area contributed by atoms with Gasteiger partial charge in [0.1, 0.15) is 6.61 Å². The van der Waals surface area contributed by atoms with Crippen LogP contribution in [-0.4, -0.2) is 35.2 Å². The Kier molecular flexibility index (Phi) is 10.6. The molecule has 1 aromatic heterocycles. The molecule has 1 heterocycles. The molecule has 0 saturated heterocycles. The fourth-order valence-corrected chi connectivity index (χ4v) is 4.30.